The van der Waals surface area contributed by atoms with Gasteiger partial charge in [0, 0.05) is 17.5 Å². The average molecular weight is 320 g/mol. The van der Waals surface area contributed by atoms with Gasteiger partial charge in [0.15, 0.2) is 11.5 Å². The van der Waals surface area contributed by atoms with Crippen LogP contribution in [0.5, 0.6) is 11.5 Å². The van der Waals surface area contributed by atoms with Crippen LogP contribution in [0.2, 0.25) is 5.02 Å². The molecule has 5 heteroatoms. The number of rotatable bonds is 5. The number of halogens is 1. The van der Waals surface area contributed by atoms with Gasteiger partial charge in [0.2, 0.25) is 5.91 Å². The van der Waals surface area contributed by atoms with Crippen molar-refractivity contribution in [1.82, 2.24) is 5.32 Å². The lowest BCUT2D eigenvalue weighted by Crippen LogP contribution is -2.29. The van der Waals surface area contributed by atoms with Gasteiger partial charge in [-0.05, 0) is 41.8 Å². The normalized spacial score (nSPS) is 11.9. The van der Waals surface area contributed by atoms with E-state index in [1.807, 2.05) is 25.1 Å². The fourth-order valence-corrected chi connectivity index (χ4v) is 2.37. The highest BCUT2D eigenvalue weighted by Crippen LogP contribution is 2.26. The molecule has 1 atom stereocenters. The Balaban J connectivity index is 1.90. The van der Waals surface area contributed by atoms with E-state index in [0.717, 1.165) is 11.1 Å². The van der Waals surface area contributed by atoms with Gasteiger partial charge < -0.3 is 15.5 Å². The molecule has 2 rings (SSSR count). The van der Waals surface area contributed by atoms with Gasteiger partial charge in [-0.3, -0.25) is 4.79 Å². The minimum Gasteiger partial charge on any atom is -0.504 e. The second kappa shape index (κ2) is 7.18. The van der Waals surface area contributed by atoms with Gasteiger partial charge in [-0.25, -0.2) is 0 Å². The minimum absolute atomic E-state index is 0.0764. The maximum Gasteiger partial charge on any atom is 0.223 e. The number of phenols is 2. The fraction of sp³-hybridized carbons (Fsp3) is 0.235. The Morgan fingerprint density at radius 3 is 2.59 bits per heavy atom. The molecule has 0 radical (unpaired) electrons. The molecule has 3 N–H and O–H groups in total. The van der Waals surface area contributed by atoms with Crippen molar-refractivity contribution in [2.24, 2.45) is 5.92 Å². The van der Waals surface area contributed by atoms with Crippen molar-refractivity contribution >= 4 is 17.5 Å². The molecule has 116 valence electrons. The molecule has 22 heavy (non-hydrogen) atoms. The van der Waals surface area contributed by atoms with E-state index in [0.29, 0.717) is 18.0 Å². The van der Waals surface area contributed by atoms with Gasteiger partial charge in [-0.2, -0.15) is 0 Å². The summed E-state index contributed by atoms with van der Waals surface area (Å²) < 4.78 is 0. The number of hydrogen-bond donors (Lipinski definition) is 3. The molecule has 1 amide bonds. The molecule has 0 heterocycles. The van der Waals surface area contributed by atoms with Crippen LogP contribution in [0.3, 0.4) is 0 Å². The van der Waals surface area contributed by atoms with Crippen LogP contribution >= 0.6 is 11.6 Å². The van der Waals surface area contributed by atoms with Crippen molar-refractivity contribution in [3.05, 3.63) is 58.6 Å². The first-order chi connectivity index (χ1) is 10.5. The lowest BCUT2D eigenvalue weighted by Gasteiger charge is -2.13. The molecule has 0 aromatic heterocycles. The molecule has 0 bridgehead atoms. The Morgan fingerprint density at radius 2 is 1.91 bits per heavy atom. The Bertz CT molecular complexity index is 673. The monoisotopic (exact) mass is 319 g/mol. The van der Waals surface area contributed by atoms with E-state index in [9.17, 15) is 15.0 Å². The summed E-state index contributed by atoms with van der Waals surface area (Å²) >= 11 is 5.90. The molecule has 1 unspecified atom stereocenters. The predicted octanol–water partition coefficient (Wildman–Crippen LogP) is 3.25. The zero-order valence-corrected chi connectivity index (χ0v) is 13.0. The molecule has 2 aromatic rings. The van der Waals surface area contributed by atoms with E-state index >= 15 is 0 Å². The number of phenolic OH excluding ortho intramolecular Hbond substituents is 2. The molecule has 0 saturated heterocycles. The number of carbonyl (C=O) groups excluding carboxylic acids is 1. The summed E-state index contributed by atoms with van der Waals surface area (Å²) in [7, 11) is 0. The summed E-state index contributed by atoms with van der Waals surface area (Å²) in [6.45, 7) is 2.24. The molecule has 4 nitrogen and oxygen atoms in total. The first-order valence-electron chi connectivity index (χ1n) is 6.98. The zero-order valence-electron chi connectivity index (χ0n) is 12.2. The highest BCUT2D eigenvalue weighted by Gasteiger charge is 2.14. The second-order valence-corrected chi connectivity index (χ2v) is 5.71. The van der Waals surface area contributed by atoms with Crippen molar-refractivity contribution in [3.8, 4) is 11.5 Å². The minimum atomic E-state index is -0.247. The highest BCUT2D eigenvalue weighted by molar-refractivity contribution is 6.30. The van der Waals surface area contributed by atoms with Gasteiger partial charge in [0.25, 0.3) is 0 Å². The molecule has 0 aliphatic heterocycles. The molecule has 0 fully saturated rings. The SMILES string of the molecule is CC(Cc1ccc(O)c(O)c1)C(=O)NCc1cccc(Cl)c1. The second-order valence-electron chi connectivity index (χ2n) is 5.28. The van der Waals surface area contributed by atoms with Gasteiger partial charge in [0.1, 0.15) is 0 Å². The van der Waals surface area contributed by atoms with Crippen LogP contribution < -0.4 is 5.32 Å². The quantitative estimate of drug-likeness (QED) is 0.741. The molecule has 0 aliphatic carbocycles. The fourth-order valence-electron chi connectivity index (χ4n) is 2.15. The van der Waals surface area contributed by atoms with Gasteiger partial charge >= 0.3 is 0 Å². The number of hydrogen-bond acceptors (Lipinski definition) is 3. The van der Waals surface area contributed by atoms with Crippen LogP contribution in [0.25, 0.3) is 0 Å². The largest absolute Gasteiger partial charge is 0.504 e. The van der Waals surface area contributed by atoms with E-state index in [1.165, 1.54) is 12.1 Å². The standard InChI is InChI=1S/C17H18ClNO3/c1-11(7-12-5-6-15(20)16(21)9-12)17(22)19-10-13-3-2-4-14(18)8-13/h2-6,8-9,11,20-21H,7,10H2,1H3,(H,19,22). The predicted molar refractivity (Wildman–Crippen MR) is 85.9 cm³/mol. The molecule has 0 spiro atoms. The van der Waals surface area contributed by atoms with Crippen LogP contribution in [0.1, 0.15) is 18.1 Å². The third-order valence-electron chi connectivity index (χ3n) is 3.39. The number of nitrogens with one attached hydrogen (secondary N) is 1. The van der Waals surface area contributed by atoms with Gasteiger partial charge in [-0.15, -0.1) is 0 Å². The van der Waals surface area contributed by atoms with Crippen LogP contribution in [0.15, 0.2) is 42.5 Å². The molecular weight excluding hydrogens is 302 g/mol. The van der Waals surface area contributed by atoms with E-state index in [4.69, 9.17) is 11.6 Å². The number of benzene rings is 2. The summed E-state index contributed by atoms with van der Waals surface area (Å²) in [5, 5.41) is 22.2. The third kappa shape index (κ3) is 4.40. The van der Waals surface area contributed by atoms with Crippen molar-refractivity contribution in [2.75, 3.05) is 0 Å². The zero-order chi connectivity index (χ0) is 16.1. The molecule has 0 aliphatic rings. The van der Waals surface area contributed by atoms with Crippen LogP contribution in [0.4, 0.5) is 0 Å². The smallest absolute Gasteiger partial charge is 0.223 e. The summed E-state index contributed by atoms with van der Waals surface area (Å²) in [6, 6.07) is 11.9. The van der Waals surface area contributed by atoms with Crippen molar-refractivity contribution in [2.45, 2.75) is 19.9 Å². The number of carbonyl (C=O) groups is 1. The topological polar surface area (TPSA) is 69.6 Å². The molecule has 0 saturated carbocycles. The lowest BCUT2D eigenvalue weighted by atomic mass is 10.00. The average Bonchev–Trinajstić information content (AvgIpc) is 2.48. The Morgan fingerprint density at radius 1 is 1.14 bits per heavy atom. The van der Waals surface area contributed by atoms with Gasteiger partial charge in [0.05, 0.1) is 0 Å². The van der Waals surface area contributed by atoms with Crippen LogP contribution in [-0.4, -0.2) is 16.1 Å². The lowest BCUT2D eigenvalue weighted by molar-refractivity contribution is -0.124. The third-order valence-corrected chi connectivity index (χ3v) is 3.62. The van der Waals surface area contributed by atoms with Gasteiger partial charge in [-0.1, -0.05) is 36.7 Å². The molecule has 2 aromatic carbocycles. The van der Waals surface area contributed by atoms with Crippen molar-refractivity contribution < 1.29 is 15.0 Å². The number of aromatic hydroxyl groups is 2. The summed E-state index contributed by atoms with van der Waals surface area (Å²) in [5.41, 5.74) is 1.73. The summed E-state index contributed by atoms with van der Waals surface area (Å²) in [5.74, 6) is -0.665. The first-order valence-corrected chi connectivity index (χ1v) is 7.36. The summed E-state index contributed by atoms with van der Waals surface area (Å²) in [6.07, 6.45) is 0.481. The van der Waals surface area contributed by atoms with Crippen LogP contribution in [-0.2, 0) is 17.8 Å². The van der Waals surface area contributed by atoms with E-state index in [-0.39, 0.29) is 23.3 Å². The Kier molecular flexibility index (Phi) is 5.28. The van der Waals surface area contributed by atoms with Crippen LogP contribution in [0, 0.1) is 5.92 Å². The first kappa shape index (κ1) is 16.2. The maximum absolute atomic E-state index is 12.1. The maximum atomic E-state index is 12.1. The van der Waals surface area contributed by atoms with E-state index in [2.05, 4.69) is 5.32 Å². The van der Waals surface area contributed by atoms with E-state index < -0.39 is 0 Å². The van der Waals surface area contributed by atoms with Crippen molar-refractivity contribution in [3.63, 3.8) is 0 Å². The summed E-state index contributed by atoms with van der Waals surface area (Å²) in [4.78, 5) is 12.1. The number of amides is 1. The Labute approximate surface area is 134 Å². The van der Waals surface area contributed by atoms with Crippen molar-refractivity contribution in [1.29, 1.82) is 0 Å². The van der Waals surface area contributed by atoms with E-state index in [1.54, 1.807) is 12.1 Å². The molecular formula is C17H18ClNO3. The highest BCUT2D eigenvalue weighted by atomic mass is 35.5. The Hall–Kier alpha value is -2.20.